The van der Waals surface area contributed by atoms with Gasteiger partial charge in [-0.1, -0.05) is 72.1 Å². The van der Waals surface area contributed by atoms with E-state index in [0.717, 1.165) is 23.1 Å². The first kappa shape index (κ1) is 24.5. The number of nitrogens with zero attached hydrogens (tertiary/aromatic N) is 1. The predicted molar refractivity (Wildman–Crippen MR) is 114 cm³/mol. The molecular weight excluding hydrogens is 635 g/mol. The van der Waals surface area contributed by atoms with E-state index in [2.05, 4.69) is 11.1 Å². The molecule has 1 aliphatic carbocycles. The number of hydrogen-bond acceptors (Lipinski definition) is 1. The van der Waals surface area contributed by atoms with Gasteiger partial charge in [-0.05, 0) is 29.3 Å². The number of alkyl halides is 6. The molecule has 8 heteroatoms. The molecule has 0 aliphatic heterocycles. The van der Waals surface area contributed by atoms with Crippen LogP contribution in [0.5, 0.6) is 0 Å². The Morgan fingerprint density at radius 2 is 1.47 bits per heavy atom. The van der Waals surface area contributed by atoms with E-state index in [1.807, 2.05) is 19.1 Å². The summed E-state index contributed by atoms with van der Waals surface area (Å²) < 4.78 is 86.3. The number of hydrogen-bond donors (Lipinski definition) is 0. The topological polar surface area (TPSA) is 12.9 Å². The van der Waals surface area contributed by atoms with Crippen molar-refractivity contribution in [2.75, 3.05) is 0 Å². The molecule has 3 aromatic carbocycles. The molecule has 0 saturated heterocycles. The quantitative estimate of drug-likeness (QED) is 0.160. The van der Waals surface area contributed by atoms with E-state index < -0.39 is 28.9 Å². The Morgan fingerprint density at radius 3 is 2.15 bits per heavy atom. The molecule has 0 bridgehead atoms. The molecule has 0 fully saturated rings. The molecular formula is C26H16F6NPt-. The number of rotatable bonds is 2. The smallest absolute Gasteiger partial charge is 0.296 e. The van der Waals surface area contributed by atoms with Crippen LogP contribution in [0.2, 0.25) is 0 Å². The average molecular weight is 651 g/mol. The summed E-state index contributed by atoms with van der Waals surface area (Å²) in [5, 5.41) is 0.886. The third-order valence-corrected chi connectivity index (χ3v) is 6.29. The molecule has 0 spiro atoms. The maximum absolute atomic E-state index is 14.4. The number of fused-ring (bicyclic) bond motifs is 4. The Balaban J connectivity index is 0.00000274. The normalized spacial score (nSPS) is 14.4. The van der Waals surface area contributed by atoms with Gasteiger partial charge < -0.3 is 0 Å². The van der Waals surface area contributed by atoms with Crippen LogP contribution in [0, 0.1) is 6.07 Å². The van der Waals surface area contributed by atoms with Crippen LogP contribution in [-0.4, -0.2) is 17.3 Å². The van der Waals surface area contributed by atoms with Crippen molar-refractivity contribution in [3.05, 3.63) is 89.5 Å². The summed E-state index contributed by atoms with van der Waals surface area (Å²) in [6, 6.07) is 18.8. The van der Waals surface area contributed by atoms with Gasteiger partial charge in [0.25, 0.3) is 0 Å². The third-order valence-electron chi connectivity index (χ3n) is 6.29. The van der Waals surface area contributed by atoms with Crippen molar-refractivity contribution in [3.63, 3.8) is 0 Å². The second-order valence-corrected chi connectivity index (χ2v) is 8.00. The van der Waals surface area contributed by atoms with Crippen molar-refractivity contribution in [2.45, 2.75) is 31.1 Å². The van der Waals surface area contributed by atoms with Gasteiger partial charge in [0.15, 0.2) is 5.41 Å². The van der Waals surface area contributed by atoms with Crippen molar-refractivity contribution in [1.29, 1.82) is 0 Å². The molecule has 34 heavy (non-hydrogen) atoms. The van der Waals surface area contributed by atoms with Crippen LogP contribution in [0.25, 0.3) is 33.3 Å². The van der Waals surface area contributed by atoms with Crippen LogP contribution in [0.15, 0.2) is 66.7 Å². The molecule has 0 atom stereocenters. The van der Waals surface area contributed by atoms with E-state index in [1.165, 1.54) is 24.3 Å². The van der Waals surface area contributed by atoms with Crippen LogP contribution < -0.4 is 0 Å². The molecule has 0 saturated carbocycles. The molecule has 0 N–H and O–H groups in total. The Hall–Kier alpha value is -2.66. The van der Waals surface area contributed by atoms with Gasteiger partial charge in [0.05, 0.1) is 5.52 Å². The number of para-hydroxylation sites is 1. The Labute approximate surface area is 206 Å². The third kappa shape index (κ3) is 3.31. The SMILES string of the molecule is CCc1cc(-c2[c-]cc3c(c2)C(C(F)(F)F)(C(F)(F)F)c2ccccc2-3)nc2ccccc12.[Pt]. The molecule has 0 radical (unpaired) electrons. The van der Waals surface area contributed by atoms with Gasteiger partial charge in [-0.2, -0.15) is 26.3 Å². The zero-order valence-corrected chi connectivity index (χ0v) is 19.9. The number of pyridine rings is 1. The van der Waals surface area contributed by atoms with Gasteiger partial charge in [-0.25, -0.2) is 0 Å². The van der Waals surface area contributed by atoms with E-state index in [-0.39, 0.29) is 43.4 Å². The Bertz CT molecular complexity index is 1380. The predicted octanol–water partition coefficient (Wildman–Crippen LogP) is 7.65. The monoisotopic (exact) mass is 651 g/mol. The first-order valence-electron chi connectivity index (χ1n) is 10.3. The fourth-order valence-corrected chi connectivity index (χ4v) is 4.81. The van der Waals surface area contributed by atoms with Gasteiger partial charge in [-0.15, -0.1) is 23.8 Å². The summed E-state index contributed by atoms with van der Waals surface area (Å²) >= 11 is 0. The number of aromatic nitrogens is 1. The molecule has 0 amide bonds. The minimum Gasteiger partial charge on any atom is -0.296 e. The minimum absolute atomic E-state index is 0. The van der Waals surface area contributed by atoms with Gasteiger partial charge >= 0.3 is 12.4 Å². The molecule has 1 aliphatic rings. The molecule has 4 aromatic rings. The Morgan fingerprint density at radius 1 is 0.824 bits per heavy atom. The minimum atomic E-state index is -5.60. The number of halogens is 6. The standard InChI is InChI=1S/C26H16F6N.Pt/c1-2-15-14-23(33-22-10-6-4-7-17(15)22)16-11-12-19-18-8-3-5-9-20(18)24(21(19)13-16,25(27,28)29)26(30,31)32;/h3-10,12-14H,2H2,1H3;/q-1;. The second kappa shape index (κ2) is 8.23. The summed E-state index contributed by atoms with van der Waals surface area (Å²) in [5.41, 5.74) is -4.13. The zero-order valence-electron chi connectivity index (χ0n) is 17.6. The van der Waals surface area contributed by atoms with E-state index in [0.29, 0.717) is 11.9 Å². The van der Waals surface area contributed by atoms with E-state index in [1.54, 1.807) is 18.2 Å². The van der Waals surface area contributed by atoms with Crippen molar-refractivity contribution >= 4 is 10.9 Å². The number of benzene rings is 3. The summed E-state index contributed by atoms with van der Waals surface area (Å²) in [6.45, 7) is 1.92. The molecule has 1 nitrogen and oxygen atoms in total. The van der Waals surface area contributed by atoms with E-state index in [9.17, 15) is 26.3 Å². The van der Waals surface area contributed by atoms with Gasteiger partial charge in [-0.3, -0.25) is 4.98 Å². The largest absolute Gasteiger partial charge is 0.409 e. The molecule has 1 aromatic heterocycles. The molecule has 1 heterocycles. The Kier molecular flexibility index (Phi) is 5.92. The van der Waals surface area contributed by atoms with Gasteiger partial charge in [0.2, 0.25) is 0 Å². The fourth-order valence-electron chi connectivity index (χ4n) is 4.81. The first-order valence-corrected chi connectivity index (χ1v) is 10.3. The summed E-state index contributed by atoms with van der Waals surface area (Å²) in [5.74, 6) is 0. The fraction of sp³-hybridized carbons (Fsp3) is 0.192. The summed E-state index contributed by atoms with van der Waals surface area (Å²) in [7, 11) is 0. The maximum Gasteiger partial charge on any atom is 0.409 e. The van der Waals surface area contributed by atoms with Crippen LogP contribution in [0.4, 0.5) is 26.3 Å². The molecule has 5 rings (SSSR count). The van der Waals surface area contributed by atoms with Crippen molar-refractivity contribution < 1.29 is 47.4 Å². The molecule has 178 valence electrons. The van der Waals surface area contributed by atoms with Crippen LogP contribution >= 0.6 is 0 Å². The summed E-state index contributed by atoms with van der Waals surface area (Å²) in [4.78, 5) is 4.51. The van der Waals surface area contributed by atoms with Crippen LogP contribution in [0.1, 0.15) is 23.6 Å². The number of aryl methyl sites for hydroxylation is 1. The maximum atomic E-state index is 14.4. The van der Waals surface area contributed by atoms with Crippen molar-refractivity contribution in [3.8, 4) is 22.4 Å². The average Bonchev–Trinajstić information content (AvgIpc) is 3.09. The zero-order chi connectivity index (χ0) is 23.6. The van der Waals surface area contributed by atoms with Crippen molar-refractivity contribution in [1.82, 2.24) is 4.98 Å². The first-order chi connectivity index (χ1) is 15.6. The van der Waals surface area contributed by atoms with Gasteiger partial charge in [0.1, 0.15) is 0 Å². The van der Waals surface area contributed by atoms with E-state index >= 15 is 0 Å². The van der Waals surface area contributed by atoms with E-state index in [4.69, 9.17) is 0 Å². The van der Waals surface area contributed by atoms with Crippen LogP contribution in [-0.2, 0) is 32.9 Å². The summed E-state index contributed by atoms with van der Waals surface area (Å²) in [6.07, 6.45) is -10.6. The van der Waals surface area contributed by atoms with Gasteiger partial charge in [0, 0.05) is 26.5 Å². The van der Waals surface area contributed by atoms with Crippen molar-refractivity contribution in [2.24, 2.45) is 0 Å². The molecule has 0 unspecified atom stereocenters. The van der Waals surface area contributed by atoms with Crippen LogP contribution in [0.3, 0.4) is 0 Å². The second-order valence-electron chi connectivity index (χ2n) is 8.00.